The second-order valence-corrected chi connectivity index (χ2v) is 5.15. The molecule has 108 valence electrons. The molecule has 2 aliphatic heterocycles. The van der Waals surface area contributed by atoms with Crippen LogP contribution in [0.1, 0.15) is 24.8 Å². The fourth-order valence-corrected chi connectivity index (χ4v) is 2.72. The monoisotopic (exact) mass is 290 g/mol. The van der Waals surface area contributed by atoms with Crippen molar-refractivity contribution in [2.24, 2.45) is 0 Å². The molecule has 2 heterocycles. The molecule has 0 aliphatic carbocycles. The highest BCUT2D eigenvalue weighted by atomic mass is 19.4. The minimum Gasteiger partial charge on any atom is -0.424 e. The van der Waals surface area contributed by atoms with Crippen LogP contribution in [0.25, 0.3) is 0 Å². The van der Waals surface area contributed by atoms with Crippen LogP contribution in [0.2, 0.25) is 0 Å². The molecule has 1 fully saturated rings. The van der Waals surface area contributed by atoms with E-state index in [4.69, 9.17) is 9.47 Å². The third-order valence-corrected chi connectivity index (χ3v) is 3.79. The van der Waals surface area contributed by atoms with Crippen molar-refractivity contribution in [2.75, 3.05) is 0 Å². The Bertz CT molecular complexity index is 583. The maximum absolute atomic E-state index is 13.9. The third-order valence-electron chi connectivity index (χ3n) is 3.79. The fourth-order valence-electron chi connectivity index (χ4n) is 2.72. The van der Waals surface area contributed by atoms with Crippen LogP contribution in [-0.2, 0) is 9.53 Å². The molecule has 2 aliphatic rings. The lowest BCUT2D eigenvalue weighted by atomic mass is 9.85. The standard InChI is InChI=1S/C13H10F4O3/c1-12(13(15,16)17)5-6-9-7(14)3-2-4-8(9)19-11(18)10(6)20-12/h2-4,6,10H,5H2,1H3/t6-,10?,12+/m0/s1. The van der Waals surface area contributed by atoms with Crippen LogP contribution in [0.5, 0.6) is 5.75 Å². The number of hydrogen-bond donors (Lipinski definition) is 0. The van der Waals surface area contributed by atoms with Gasteiger partial charge in [0.1, 0.15) is 11.6 Å². The van der Waals surface area contributed by atoms with Crippen molar-refractivity contribution in [3.8, 4) is 5.75 Å². The van der Waals surface area contributed by atoms with Crippen LogP contribution in [0.15, 0.2) is 18.2 Å². The summed E-state index contributed by atoms with van der Waals surface area (Å²) in [6.07, 6.45) is -6.58. The Morgan fingerprint density at radius 2 is 2.05 bits per heavy atom. The number of fused-ring (bicyclic) bond motifs is 3. The molecule has 0 saturated carbocycles. The number of hydrogen-bond acceptors (Lipinski definition) is 3. The van der Waals surface area contributed by atoms with Crippen LogP contribution in [0.4, 0.5) is 17.6 Å². The summed E-state index contributed by atoms with van der Waals surface area (Å²) in [7, 11) is 0. The van der Waals surface area contributed by atoms with Crippen molar-refractivity contribution in [2.45, 2.75) is 37.1 Å². The van der Waals surface area contributed by atoms with E-state index in [-0.39, 0.29) is 11.3 Å². The van der Waals surface area contributed by atoms with Gasteiger partial charge in [0.15, 0.2) is 11.7 Å². The third kappa shape index (κ3) is 1.72. The first-order chi connectivity index (χ1) is 9.23. The quantitative estimate of drug-likeness (QED) is 0.419. The summed E-state index contributed by atoms with van der Waals surface area (Å²) in [6.45, 7) is 0.860. The molecule has 0 amide bonds. The summed E-state index contributed by atoms with van der Waals surface area (Å²) < 4.78 is 62.6. The normalized spacial score (nSPS) is 32.5. The molecule has 0 N–H and O–H groups in total. The second-order valence-electron chi connectivity index (χ2n) is 5.15. The molecule has 3 atom stereocenters. The van der Waals surface area contributed by atoms with Crippen LogP contribution >= 0.6 is 0 Å². The maximum atomic E-state index is 13.9. The van der Waals surface area contributed by atoms with E-state index < -0.39 is 42.0 Å². The largest absolute Gasteiger partial charge is 0.424 e. The highest BCUT2D eigenvalue weighted by molar-refractivity contribution is 5.82. The first kappa shape index (κ1) is 13.4. The Morgan fingerprint density at radius 3 is 2.70 bits per heavy atom. The Hall–Kier alpha value is -1.63. The topological polar surface area (TPSA) is 35.5 Å². The van der Waals surface area contributed by atoms with Crippen molar-refractivity contribution < 1.29 is 31.8 Å². The van der Waals surface area contributed by atoms with E-state index in [1.54, 1.807) is 0 Å². The first-order valence-corrected chi connectivity index (χ1v) is 5.97. The predicted molar refractivity (Wildman–Crippen MR) is 58.7 cm³/mol. The fraction of sp³-hybridized carbons (Fsp3) is 0.462. The molecule has 7 heteroatoms. The summed E-state index contributed by atoms with van der Waals surface area (Å²) in [5.41, 5.74) is -2.50. The summed E-state index contributed by atoms with van der Waals surface area (Å²) in [6, 6.07) is 3.81. The highest BCUT2D eigenvalue weighted by Gasteiger charge is 2.63. The van der Waals surface area contributed by atoms with Crippen molar-refractivity contribution in [1.82, 2.24) is 0 Å². The molecule has 1 aromatic rings. The van der Waals surface area contributed by atoms with E-state index in [1.165, 1.54) is 12.1 Å². The van der Waals surface area contributed by atoms with Crippen LogP contribution < -0.4 is 4.74 Å². The van der Waals surface area contributed by atoms with Gasteiger partial charge >= 0.3 is 12.1 Å². The number of rotatable bonds is 0. The Labute approximate surface area is 111 Å². The summed E-state index contributed by atoms with van der Waals surface area (Å²) in [5, 5.41) is 0. The van der Waals surface area contributed by atoms with E-state index in [2.05, 4.69) is 0 Å². The predicted octanol–water partition coefficient (Wildman–Crippen LogP) is 2.94. The van der Waals surface area contributed by atoms with Gasteiger partial charge in [-0.1, -0.05) is 6.07 Å². The molecular weight excluding hydrogens is 280 g/mol. The van der Waals surface area contributed by atoms with E-state index in [0.717, 1.165) is 13.0 Å². The van der Waals surface area contributed by atoms with Gasteiger partial charge in [-0.05, 0) is 25.5 Å². The molecule has 20 heavy (non-hydrogen) atoms. The van der Waals surface area contributed by atoms with Gasteiger partial charge in [-0.3, -0.25) is 0 Å². The molecule has 0 bridgehead atoms. The highest BCUT2D eigenvalue weighted by Crippen LogP contribution is 2.53. The zero-order valence-electron chi connectivity index (χ0n) is 10.3. The molecule has 1 aromatic carbocycles. The first-order valence-electron chi connectivity index (χ1n) is 5.97. The van der Waals surface area contributed by atoms with Gasteiger partial charge < -0.3 is 9.47 Å². The summed E-state index contributed by atoms with van der Waals surface area (Å²) >= 11 is 0. The van der Waals surface area contributed by atoms with E-state index in [9.17, 15) is 22.4 Å². The summed E-state index contributed by atoms with van der Waals surface area (Å²) in [4.78, 5) is 11.7. The molecule has 1 saturated heterocycles. The van der Waals surface area contributed by atoms with Crippen molar-refractivity contribution in [3.63, 3.8) is 0 Å². The van der Waals surface area contributed by atoms with Crippen molar-refractivity contribution in [1.29, 1.82) is 0 Å². The van der Waals surface area contributed by atoms with Crippen molar-refractivity contribution >= 4 is 5.97 Å². The van der Waals surface area contributed by atoms with Gasteiger partial charge in [0.25, 0.3) is 0 Å². The molecule has 3 rings (SSSR count). The van der Waals surface area contributed by atoms with Gasteiger partial charge in [0.05, 0.1) is 0 Å². The zero-order valence-corrected chi connectivity index (χ0v) is 10.3. The smallest absolute Gasteiger partial charge is 0.417 e. The number of alkyl halides is 3. The number of carbonyl (C=O) groups excluding carboxylic acids is 1. The van der Waals surface area contributed by atoms with Crippen LogP contribution in [0.3, 0.4) is 0 Å². The number of halogens is 4. The molecule has 0 spiro atoms. The number of esters is 1. The molecular formula is C13H10F4O3. The minimum absolute atomic E-state index is 0.0231. The lowest BCUT2D eigenvalue weighted by Crippen LogP contribution is -2.43. The summed E-state index contributed by atoms with van der Waals surface area (Å²) in [5.74, 6) is -2.63. The Morgan fingerprint density at radius 1 is 1.35 bits per heavy atom. The van der Waals surface area contributed by atoms with Gasteiger partial charge in [-0.15, -0.1) is 0 Å². The molecule has 0 aromatic heterocycles. The second kappa shape index (κ2) is 3.94. The molecule has 1 unspecified atom stereocenters. The Kier molecular flexibility index (Phi) is 2.63. The maximum Gasteiger partial charge on any atom is 0.417 e. The van der Waals surface area contributed by atoms with E-state index >= 15 is 0 Å². The van der Waals surface area contributed by atoms with Gasteiger partial charge in [-0.2, -0.15) is 13.2 Å². The van der Waals surface area contributed by atoms with Gasteiger partial charge in [0, 0.05) is 11.5 Å². The van der Waals surface area contributed by atoms with Crippen LogP contribution in [0, 0.1) is 5.82 Å². The van der Waals surface area contributed by atoms with Gasteiger partial charge in [0.2, 0.25) is 0 Å². The minimum atomic E-state index is -4.64. The van der Waals surface area contributed by atoms with Gasteiger partial charge in [-0.25, -0.2) is 9.18 Å². The lowest BCUT2D eigenvalue weighted by Gasteiger charge is -2.27. The SMILES string of the molecule is C[C@]1(C(F)(F)F)C[C@H]2c3c(F)cccc3OC(=O)C2O1. The molecule has 3 nitrogen and oxygen atoms in total. The zero-order chi connectivity index (χ0) is 14.7. The molecule has 0 radical (unpaired) electrons. The number of ether oxygens (including phenoxy) is 2. The van der Waals surface area contributed by atoms with E-state index in [0.29, 0.717) is 0 Å². The Balaban J connectivity index is 2.08. The number of benzene rings is 1. The average Bonchev–Trinajstić information content (AvgIpc) is 2.68. The number of carbonyl (C=O) groups is 1. The van der Waals surface area contributed by atoms with Crippen LogP contribution in [-0.4, -0.2) is 23.9 Å². The lowest BCUT2D eigenvalue weighted by molar-refractivity contribution is -0.263. The average molecular weight is 290 g/mol. The van der Waals surface area contributed by atoms with Crippen molar-refractivity contribution in [3.05, 3.63) is 29.6 Å². The van der Waals surface area contributed by atoms with E-state index in [1.807, 2.05) is 0 Å².